The fraction of sp³-hybridized carbons (Fsp3) is 0.400. The van der Waals surface area contributed by atoms with Gasteiger partial charge in [0, 0.05) is 10.0 Å². The van der Waals surface area contributed by atoms with Crippen molar-refractivity contribution in [3.8, 4) is 0 Å². The van der Waals surface area contributed by atoms with E-state index in [4.69, 9.17) is 5.73 Å². The SMILES string of the molecule is CC(CN)C(O)c1ccc(Br)cc1F. The van der Waals surface area contributed by atoms with E-state index in [0.29, 0.717) is 16.6 Å². The number of halogens is 2. The first-order valence-corrected chi connectivity index (χ1v) is 5.18. The van der Waals surface area contributed by atoms with Crippen molar-refractivity contribution in [2.75, 3.05) is 6.54 Å². The van der Waals surface area contributed by atoms with Crippen molar-refractivity contribution in [3.63, 3.8) is 0 Å². The van der Waals surface area contributed by atoms with Gasteiger partial charge in [-0.1, -0.05) is 28.9 Å². The highest BCUT2D eigenvalue weighted by molar-refractivity contribution is 9.10. The lowest BCUT2D eigenvalue weighted by molar-refractivity contribution is 0.118. The lowest BCUT2D eigenvalue weighted by Crippen LogP contribution is -2.19. The summed E-state index contributed by atoms with van der Waals surface area (Å²) in [6.07, 6.45) is -0.840. The zero-order valence-corrected chi connectivity index (χ0v) is 9.46. The van der Waals surface area contributed by atoms with Crippen LogP contribution in [0.4, 0.5) is 4.39 Å². The number of aliphatic hydroxyl groups is 1. The predicted molar refractivity (Wildman–Crippen MR) is 57.3 cm³/mol. The third-order valence-electron chi connectivity index (χ3n) is 2.19. The van der Waals surface area contributed by atoms with Gasteiger partial charge in [0.25, 0.3) is 0 Å². The predicted octanol–water partition coefficient (Wildman–Crippen LogP) is 2.22. The summed E-state index contributed by atoms with van der Waals surface area (Å²) in [6, 6.07) is 4.60. The Kier molecular flexibility index (Phi) is 4.04. The highest BCUT2D eigenvalue weighted by atomic mass is 79.9. The van der Waals surface area contributed by atoms with E-state index in [0.717, 1.165) is 0 Å². The molecule has 2 atom stereocenters. The maximum absolute atomic E-state index is 13.4. The number of rotatable bonds is 3. The van der Waals surface area contributed by atoms with Crippen molar-refractivity contribution in [3.05, 3.63) is 34.1 Å². The molecule has 78 valence electrons. The van der Waals surface area contributed by atoms with Gasteiger partial charge in [-0.25, -0.2) is 4.39 Å². The van der Waals surface area contributed by atoms with E-state index < -0.39 is 11.9 Å². The molecule has 0 aliphatic rings. The van der Waals surface area contributed by atoms with Gasteiger partial charge in [-0.3, -0.25) is 0 Å². The molecular weight excluding hydrogens is 249 g/mol. The molecule has 0 heterocycles. The van der Waals surface area contributed by atoms with Crippen LogP contribution in [0.5, 0.6) is 0 Å². The summed E-state index contributed by atoms with van der Waals surface area (Å²) in [6.45, 7) is 2.11. The van der Waals surface area contributed by atoms with Gasteiger partial charge in [-0.15, -0.1) is 0 Å². The summed E-state index contributed by atoms with van der Waals surface area (Å²) in [5, 5.41) is 9.73. The van der Waals surface area contributed by atoms with Gasteiger partial charge >= 0.3 is 0 Å². The summed E-state index contributed by atoms with van der Waals surface area (Å²) in [4.78, 5) is 0. The quantitative estimate of drug-likeness (QED) is 0.877. The molecule has 2 nitrogen and oxygen atoms in total. The number of aliphatic hydroxyl groups excluding tert-OH is 1. The van der Waals surface area contributed by atoms with Gasteiger partial charge < -0.3 is 10.8 Å². The molecule has 0 aliphatic heterocycles. The first-order valence-electron chi connectivity index (χ1n) is 4.39. The van der Waals surface area contributed by atoms with Crippen molar-refractivity contribution in [1.29, 1.82) is 0 Å². The van der Waals surface area contributed by atoms with Crippen LogP contribution in [0.1, 0.15) is 18.6 Å². The van der Waals surface area contributed by atoms with Gasteiger partial charge in [0.2, 0.25) is 0 Å². The van der Waals surface area contributed by atoms with Gasteiger partial charge in [-0.2, -0.15) is 0 Å². The number of hydrogen-bond acceptors (Lipinski definition) is 2. The Bertz CT molecular complexity index is 319. The summed E-state index contributed by atoms with van der Waals surface area (Å²) >= 11 is 3.15. The minimum absolute atomic E-state index is 0.148. The van der Waals surface area contributed by atoms with Crippen molar-refractivity contribution >= 4 is 15.9 Å². The maximum atomic E-state index is 13.4. The fourth-order valence-electron chi connectivity index (χ4n) is 1.18. The van der Waals surface area contributed by atoms with Crippen molar-refractivity contribution < 1.29 is 9.50 Å². The van der Waals surface area contributed by atoms with E-state index in [9.17, 15) is 9.50 Å². The second-order valence-electron chi connectivity index (χ2n) is 3.32. The van der Waals surface area contributed by atoms with E-state index in [-0.39, 0.29) is 5.92 Å². The lowest BCUT2D eigenvalue weighted by Gasteiger charge is -2.17. The normalized spacial score (nSPS) is 15.2. The minimum Gasteiger partial charge on any atom is -0.388 e. The van der Waals surface area contributed by atoms with Gasteiger partial charge in [0.15, 0.2) is 0 Å². The third-order valence-corrected chi connectivity index (χ3v) is 2.69. The monoisotopic (exact) mass is 261 g/mol. The summed E-state index contributed by atoms with van der Waals surface area (Å²) < 4.78 is 14.0. The molecule has 0 saturated heterocycles. The smallest absolute Gasteiger partial charge is 0.130 e. The molecular formula is C10H13BrFNO. The van der Waals surface area contributed by atoms with Crippen LogP contribution >= 0.6 is 15.9 Å². The zero-order chi connectivity index (χ0) is 10.7. The molecule has 0 fully saturated rings. The number of nitrogens with two attached hydrogens (primary N) is 1. The molecule has 1 aromatic carbocycles. The average molecular weight is 262 g/mol. The second-order valence-corrected chi connectivity index (χ2v) is 4.24. The largest absolute Gasteiger partial charge is 0.388 e. The molecule has 0 bridgehead atoms. The Hall–Kier alpha value is -0.450. The molecule has 2 unspecified atom stereocenters. The van der Waals surface area contributed by atoms with E-state index in [1.54, 1.807) is 19.1 Å². The van der Waals surface area contributed by atoms with Crippen LogP contribution in [0, 0.1) is 11.7 Å². The molecule has 0 aliphatic carbocycles. The highest BCUT2D eigenvalue weighted by Gasteiger charge is 2.18. The molecule has 0 aromatic heterocycles. The molecule has 0 radical (unpaired) electrons. The summed E-state index contributed by atoms with van der Waals surface area (Å²) in [7, 11) is 0. The van der Waals surface area contributed by atoms with Crippen molar-refractivity contribution in [2.45, 2.75) is 13.0 Å². The van der Waals surface area contributed by atoms with E-state index in [2.05, 4.69) is 15.9 Å². The first kappa shape index (κ1) is 11.6. The van der Waals surface area contributed by atoms with Crippen LogP contribution in [0.15, 0.2) is 22.7 Å². The minimum atomic E-state index is -0.840. The Balaban J connectivity index is 2.95. The molecule has 4 heteroatoms. The first-order chi connectivity index (χ1) is 6.56. The number of hydrogen-bond donors (Lipinski definition) is 2. The van der Waals surface area contributed by atoms with Gasteiger partial charge in [-0.05, 0) is 24.6 Å². The molecule has 0 saturated carbocycles. The maximum Gasteiger partial charge on any atom is 0.130 e. The Labute approximate surface area is 91.1 Å². The van der Waals surface area contributed by atoms with Crippen LogP contribution in [-0.4, -0.2) is 11.7 Å². The topological polar surface area (TPSA) is 46.2 Å². The van der Waals surface area contributed by atoms with Crippen LogP contribution in [0.2, 0.25) is 0 Å². The Morgan fingerprint density at radius 3 is 2.71 bits per heavy atom. The molecule has 1 rings (SSSR count). The van der Waals surface area contributed by atoms with E-state index in [1.165, 1.54) is 6.07 Å². The van der Waals surface area contributed by atoms with Crippen LogP contribution in [0.3, 0.4) is 0 Å². The number of benzene rings is 1. The van der Waals surface area contributed by atoms with E-state index >= 15 is 0 Å². The van der Waals surface area contributed by atoms with Gasteiger partial charge in [0.05, 0.1) is 6.10 Å². The van der Waals surface area contributed by atoms with Crippen LogP contribution in [0.25, 0.3) is 0 Å². The van der Waals surface area contributed by atoms with Crippen LogP contribution < -0.4 is 5.73 Å². The average Bonchev–Trinajstić information content (AvgIpc) is 2.15. The summed E-state index contributed by atoms with van der Waals surface area (Å²) in [5.41, 5.74) is 5.70. The van der Waals surface area contributed by atoms with Crippen LogP contribution in [-0.2, 0) is 0 Å². The third kappa shape index (κ3) is 2.53. The van der Waals surface area contributed by atoms with Gasteiger partial charge in [0.1, 0.15) is 5.82 Å². The molecule has 14 heavy (non-hydrogen) atoms. The molecule has 0 spiro atoms. The van der Waals surface area contributed by atoms with Crippen molar-refractivity contribution in [1.82, 2.24) is 0 Å². The zero-order valence-electron chi connectivity index (χ0n) is 7.87. The highest BCUT2D eigenvalue weighted by Crippen LogP contribution is 2.25. The fourth-order valence-corrected chi connectivity index (χ4v) is 1.51. The Morgan fingerprint density at radius 1 is 1.57 bits per heavy atom. The lowest BCUT2D eigenvalue weighted by atomic mass is 9.97. The summed E-state index contributed by atoms with van der Waals surface area (Å²) in [5.74, 6) is -0.558. The molecule has 0 amide bonds. The van der Waals surface area contributed by atoms with Crippen molar-refractivity contribution in [2.24, 2.45) is 11.7 Å². The molecule has 3 N–H and O–H groups in total. The van der Waals surface area contributed by atoms with E-state index in [1.807, 2.05) is 0 Å². The standard InChI is InChI=1S/C10H13BrFNO/c1-6(5-13)10(14)8-3-2-7(11)4-9(8)12/h2-4,6,10,14H,5,13H2,1H3. The second kappa shape index (κ2) is 4.87. The Morgan fingerprint density at radius 2 is 2.21 bits per heavy atom. The molecule has 1 aromatic rings.